The number of hydrogen-bond donors (Lipinski definition) is 0. The van der Waals surface area contributed by atoms with Gasteiger partial charge in [-0.3, -0.25) is 0 Å². The van der Waals surface area contributed by atoms with Crippen LogP contribution < -0.4 is 9.80 Å². The van der Waals surface area contributed by atoms with Gasteiger partial charge in [-0.25, -0.2) is 14.4 Å². The fourth-order valence-corrected chi connectivity index (χ4v) is 3.21. The van der Waals surface area contributed by atoms with Crippen LogP contribution in [0.2, 0.25) is 5.02 Å². The molecule has 0 aliphatic carbocycles. The maximum Gasteiger partial charge on any atom is 0.147 e. The predicted octanol–water partition coefficient (Wildman–Crippen LogP) is 4.37. The smallest absolute Gasteiger partial charge is 0.147 e. The Morgan fingerprint density at radius 2 is 1.96 bits per heavy atom. The minimum Gasteiger partial charge on any atom is -0.375 e. The molecule has 1 aliphatic heterocycles. The average Bonchev–Trinajstić information content (AvgIpc) is 2.54. The largest absolute Gasteiger partial charge is 0.375 e. The molecule has 2 aromatic heterocycles. The fraction of sp³-hybridized carbons (Fsp3) is 0.263. The maximum absolute atomic E-state index is 14.2. The van der Waals surface area contributed by atoms with Crippen molar-refractivity contribution in [3.8, 4) is 11.3 Å². The number of aromatic nitrogens is 2. The van der Waals surface area contributed by atoms with E-state index >= 15 is 0 Å². The molecule has 6 heteroatoms. The van der Waals surface area contributed by atoms with Crippen molar-refractivity contribution in [2.75, 3.05) is 37.0 Å². The highest BCUT2D eigenvalue weighted by atomic mass is 35.5. The van der Waals surface area contributed by atoms with Crippen LogP contribution >= 0.6 is 11.6 Å². The van der Waals surface area contributed by atoms with Gasteiger partial charge in [-0.2, -0.15) is 0 Å². The van der Waals surface area contributed by atoms with Crippen molar-refractivity contribution in [2.45, 2.75) is 6.42 Å². The van der Waals surface area contributed by atoms with Gasteiger partial charge in [0.2, 0.25) is 0 Å². The molecule has 4 nitrogen and oxygen atoms in total. The lowest BCUT2D eigenvalue weighted by Crippen LogP contribution is -2.37. The number of hydrogen-bond acceptors (Lipinski definition) is 4. The van der Waals surface area contributed by atoms with E-state index in [1.807, 2.05) is 18.3 Å². The van der Waals surface area contributed by atoms with Gasteiger partial charge in [0.05, 0.1) is 21.9 Å². The van der Waals surface area contributed by atoms with E-state index in [9.17, 15) is 4.39 Å². The third-order valence-electron chi connectivity index (χ3n) is 4.53. The van der Waals surface area contributed by atoms with Gasteiger partial charge in [0.1, 0.15) is 11.6 Å². The summed E-state index contributed by atoms with van der Waals surface area (Å²) in [5.41, 5.74) is 2.78. The van der Waals surface area contributed by atoms with Gasteiger partial charge in [-0.1, -0.05) is 11.6 Å². The number of benzene rings is 1. The Morgan fingerprint density at radius 3 is 2.56 bits per heavy atom. The van der Waals surface area contributed by atoms with E-state index in [0.717, 1.165) is 30.2 Å². The molecule has 0 radical (unpaired) electrons. The molecule has 0 bridgehead atoms. The highest BCUT2D eigenvalue weighted by Gasteiger charge is 2.16. The topological polar surface area (TPSA) is 32.3 Å². The Hall–Kier alpha value is -2.40. The first-order valence-electron chi connectivity index (χ1n) is 8.21. The first-order valence-corrected chi connectivity index (χ1v) is 8.59. The lowest BCUT2D eigenvalue weighted by Gasteiger charge is -2.31. The molecule has 1 aliphatic rings. The molecular formula is C19H18ClFN4. The minimum atomic E-state index is -0.311. The Balaban J connectivity index is 1.77. The molecule has 128 valence electrons. The summed E-state index contributed by atoms with van der Waals surface area (Å²) in [6.45, 7) is 2.12. The summed E-state index contributed by atoms with van der Waals surface area (Å²) in [5, 5.41) is 1.09. The summed E-state index contributed by atoms with van der Waals surface area (Å²) < 4.78 is 14.2. The summed E-state index contributed by atoms with van der Waals surface area (Å²) in [6, 6.07) is 8.93. The van der Waals surface area contributed by atoms with Crippen LogP contribution in [0.15, 0.2) is 36.5 Å². The van der Waals surface area contributed by atoms with Crippen LogP contribution in [0.25, 0.3) is 22.2 Å². The predicted molar refractivity (Wildman–Crippen MR) is 101 cm³/mol. The van der Waals surface area contributed by atoms with Crippen LogP contribution in [0.5, 0.6) is 0 Å². The number of pyridine rings is 2. The van der Waals surface area contributed by atoms with Crippen molar-refractivity contribution < 1.29 is 4.39 Å². The van der Waals surface area contributed by atoms with Crippen molar-refractivity contribution in [2.24, 2.45) is 0 Å². The first kappa shape index (κ1) is 16.1. The fourth-order valence-electron chi connectivity index (χ4n) is 2.95. The maximum atomic E-state index is 14.2. The van der Waals surface area contributed by atoms with Crippen molar-refractivity contribution in [1.82, 2.24) is 9.97 Å². The number of halogens is 2. The quantitative estimate of drug-likeness (QED) is 0.697. The van der Waals surface area contributed by atoms with Crippen LogP contribution in [0.4, 0.5) is 15.9 Å². The van der Waals surface area contributed by atoms with Crippen molar-refractivity contribution >= 4 is 34.0 Å². The molecule has 1 saturated heterocycles. The highest BCUT2D eigenvalue weighted by Crippen LogP contribution is 2.32. The molecule has 0 N–H and O–H groups in total. The highest BCUT2D eigenvalue weighted by molar-refractivity contribution is 6.35. The van der Waals surface area contributed by atoms with Crippen LogP contribution in [0.1, 0.15) is 6.42 Å². The summed E-state index contributed by atoms with van der Waals surface area (Å²) in [5.74, 6) is 0.674. The second-order valence-electron chi connectivity index (χ2n) is 6.45. The zero-order valence-corrected chi connectivity index (χ0v) is 14.9. The molecule has 1 aromatic carbocycles. The summed E-state index contributed by atoms with van der Waals surface area (Å²) in [4.78, 5) is 13.1. The van der Waals surface area contributed by atoms with Crippen LogP contribution in [0.3, 0.4) is 0 Å². The Bertz CT molecular complexity index is 936. The van der Waals surface area contributed by atoms with Crippen LogP contribution in [0, 0.1) is 5.82 Å². The van der Waals surface area contributed by atoms with Gasteiger partial charge in [0.25, 0.3) is 0 Å². The molecule has 25 heavy (non-hydrogen) atoms. The number of nitrogens with zero attached hydrogens (tertiary/aromatic N) is 4. The molecule has 3 aromatic rings. The van der Waals surface area contributed by atoms with E-state index in [0.29, 0.717) is 21.6 Å². The number of anilines is 2. The third kappa shape index (κ3) is 2.89. The van der Waals surface area contributed by atoms with E-state index in [1.54, 1.807) is 31.1 Å². The lowest BCUT2D eigenvalue weighted by atomic mass is 10.1. The SMILES string of the molecule is CN(C)c1cc2nc(-c3ccc(N4CCC4)nc3)cc(Cl)c2cc1F. The second-order valence-corrected chi connectivity index (χ2v) is 6.86. The second kappa shape index (κ2) is 6.15. The molecule has 1 fully saturated rings. The lowest BCUT2D eigenvalue weighted by molar-refractivity contribution is 0.610. The molecule has 0 spiro atoms. The Labute approximate surface area is 150 Å². The van der Waals surface area contributed by atoms with E-state index in [-0.39, 0.29) is 5.82 Å². The first-order chi connectivity index (χ1) is 12.0. The van der Waals surface area contributed by atoms with E-state index in [2.05, 4.69) is 14.9 Å². The van der Waals surface area contributed by atoms with Crippen molar-refractivity contribution in [3.05, 3.63) is 47.4 Å². The Morgan fingerprint density at radius 1 is 1.16 bits per heavy atom. The monoisotopic (exact) mass is 356 g/mol. The average molecular weight is 357 g/mol. The molecule has 3 heterocycles. The molecule has 4 rings (SSSR count). The van der Waals surface area contributed by atoms with E-state index in [1.165, 1.54) is 12.5 Å². The van der Waals surface area contributed by atoms with Crippen molar-refractivity contribution in [1.29, 1.82) is 0 Å². The van der Waals surface area contributed by atoms with Gasteiger partial charge in [0, 0.05) is 44.3 Å². The summed E-state index contributed by atoms with van der Waals surface area (Å²) in [6.07, 6.45) is 3.03. The molecule has 0 unspecified atom stereocenters. The van der Waals surface area contributed by atoms with Crippen molar-refractivity contribution in [3.63, 3.8) is 0 Å². The molecule has 0 amide bonds. The molecule has 0 atom stereocenters. The summed E-state index contributed by atoms with van der Waals surface area (Å²) in [7, 11) is 3.60. The zero-order valence-electron chi connectivity index (χ0n) is 14.1. The normalized spacial score (nSPS) is 13.8. The van der Waals surface area contributed by atoms with Crippen LogP contribution in [-0.2, 0) is 0 Å². The number of rotatable bonds is 3. The zero-order chi connectivity index (χ0) is 17.6. The van der Waals surface area contributed by atoms with Crippen LogP contribution in [-0.4, -0.2) is 37.2 Å². The van der Waals surface area contributed by atoms with E-state index < -0.39 is 0 Å². The minimum absolute atomic E-state index is 0.311. The third-order valence-corrected chi connectivity index (χ3v) is 4.85. The van der Waals surface area contributed by atoms with Gasteiger partial charge in [0.15, 0.2) is 0 Å². The molecule has 0 saturated carbocycles. The van der Waals surface area contributed by atoms with Gasteiger partial charge in [-0.05, 0) is 36.8 Å². The molecular weight excluding hydrogens is 339 g/mol. The van der Waals surface area contributed by atoms with Gasteiger partial charge in [-0.15, -0.1) is 0 Å². The standard InChI is InChI=1S/C19H18ClFN4/c1-24(2)18-10-17-13(8-15(18)21)14(20)9-16(23-17)12-4-5-19(22-11-12)25-6-3-7-25/h4-5,8-11H,3,6-7H2,1-2H3. The van der Waals surface area contributed by atoms with E-state index in [4.69, 9.17) is 11.6 Å². The Kier molecular flexibility index (Phi) is 3.96. The number of fused-ring (bicyclic) bond motifs is 1. The van der Waals surface area contributed by atoms with Gasteiger partial charge < -0.3 is 9.80 Å². The van der Waals surface area contributed by atoms with Gasteiger partial charge >= 0.3 is 0 Å². The summed E-state index contributed by atoms with van der Waals surface area (Å²) >= 11 is 6.38.